The van der Waals surface area contributed by atoms with Crippen LogP contribution in [-0.4, -0.2) is 110 Å². The molecule has 0 heterocycles. The molecular formula is C33H39N5O11. The van der Waals surface area contributed by atoms with E-state index in [1.54, 1.807) is 25.1 Å². The number of phenols is 1. The summed E-state index contributed by atoms with van der Waals surface area (Å²) >= 11 is 0. The predicted molar refractivity (Wildman–Crippen MR) is 174 cm³/mol. The van der Waals surface area contributed by atoms with E-state index in [1.165, 1.54) is 43.3 Å². The molecule has 3 aliphatic rings. The topological polar surface area (TPSA) is 266 Å². The number of aliphatic hydroxyl groups excluding tert-OH is 2. The van der Waals surface area contributed by atoms with Crippen LogP contribution in [0.15, 0.2) is 47.2 Å². The molecule has 0 spiro atoms. The number of fused-ring (bicyclic) bond motifs is 3. The summed E-state index contributed by atoms with van der Waals surface area (Å²) < 4.78 is 0. The number of nitrogens with one attached hydrogen (secondary N) is 2. The molecular weight excluding hydrogens is 642 g/mol. The van der Waals surface area contributed by atoms with Crippen molar-refractivity contribution in [1.82, 2.24) is 10.2 Å². The third kappa shape index (κ3) is 6.08. The van der Waals surface area contributed by atoms with Crippen LogP contribution < -0.4 is 21.3 Å². The zero-order valence-corrected chi connectivity index (χ0v) is 27.2. The maximum absolute atomic E-state index is 14.1. The third-order valence-electron chi connectivity index (χ3n) is 9.35. The molecule has 2 aromatic carbocycles. The molecule has 16 nitrogen and oxygen atoms in total. The number of benzene rings is 2. The molecule has 3 amide bonds. The number of aromatic hydroxyl groups is 1. The number of likely N-dealkylation sites (N-methyl/N-ethyl adjacent to an activating group) is 1. The van der Waals surface area contributed by atoms with Crippen molar-refractivity contribution in [2.45, 2.75) is 43.4 Å². The minimum atomic E-state index is -2.88. The lowest BCUT2D eigenvalue weighted by molar-refractivity contribution is -0.309. The maximum atomic E-state index is 14.1. The van der Waals surface area contributed by atoms with E-state index in [2.05, 4.69) is 10.6 Å². The normalized spacial score (nSPS) is 23.6. The first-order valence-electron chi connectivity index (χ1n) is 15.3. The molecule has 262 valence electrons. The first-order chi connectivity index (χ1) is 22.8. The van der Waals surface area contributed by atoms with E-state index in [9.17, 15) is 39.6 Å². The van der Waals surface area contributed by atoms with Gasteiger partial charge in [-0.1, -0.05) is 12.1 Å². The van der Waals surface area contributed by atoms with Crippen LogP contribution in [-0.2, 0) is 33.8 Å². The summed E-state index contributed by atoms with van der Waals surface area (Å²) in [5.74, 6) is -10.4. The smallest absolute Gasteiger partial charge is 0.319 e. The SMILES string of the molecule is CN(C)c1cc(CNC(=O)Nc2ccc(CC(O)(O)O)cc2)c(O)c2c1CC1C[C@H]3[C@@H](N(C)C)C(=O)C(C(N)=O)=C(O)[C@@]3(O)C(=O)C1=C2O. The Bertz CT molecular complexity index is 1810. The highest BCUT2D eigenvalue weighted by Gasteiger charge is 2.64. The molecule has 2 aromatic rings. The molecule has 4 atom stereocenters. The monoisotopic (exact) mass is 681 g/mol. The Labute approximate surface area is 280 Å². The van der Waals surface area contributed by atoms with Gasteiger partial charge in [-0.15, -0.1) is 0 Å². The fourth-order valence-corrected chi connectivity index (χ4v) is 7.21. The molecule has 1 saturated carbocycles. The van der Waals surface area contributed by atoms with Crippen molar-refractivity contribution < 1.29 is 54.9 Å². The second-order valence-electron chi connectivity index (χ2n) is 13.1. The minimum absolute atomic E-state index is 0.0509. The number of rotatable bonds is 8. The number of hydrogen-bond acceptors (Lipinski definition) is 13. The molecule has 3 aliphatic carbocycles. The molecule has 0 aliphatic heterocycles. The van der Waals surface area contributed by atoms with Gasteiger partial charge >= 0.3 is 6.03 Å². The van der Waals surface area contributed by atoms with E-state index >= 15 is 0 Å². The molecule has 0 saturated heterocycles. The molecule has 1 unspecified atom stereocenters. The van der Waals surface area contributed by atoms with Crippen molar-refractivity contribution in [2.75, 3.05) is 38.4 Å². The number of hydrogen-bond donors (Lipinski definition) is 10. The van der Waals surface area contributed by atoms with E-state index in [4.69, 9.17) is 21.1 Å². The van der Waals surface area contributed by atoms with Gasteiger partial charge in [0.2, 0.25) is 5.78 Å². The number of phenolic OH excluding ortho intramolecular Hbond substituents is 1. The zero-order valence-electron chi connectivity index (χ0n) is 27.2. The Morgan fingerprint density at radius 2 is 1.67 bits per heavy atom. The number of nitrogens with zero attached hydrogens (tertiary/aromatic N) is 2. The molecule has 16 heteroatoms. The Morgan fingerprint density at radius 1 is 1.04 bits per heavy atom. The van der Waals surface area contributed by atoms with Crippen LogP contribution >= 0.6 is 0 Å². The number of Topliss-reactive ketones (excluding diaryl/α,β-unsaturated/α-hetero) is 2. The van der Waals surface area contributed by atoms with Gasteiger partial charge in [-0.25, -0.2) is 4.79 Å². The molecule has 0 bridgehead atoms. The predicted octanol–water partition coefficient (Wildman–Crippen LogP) is -0.475. The number of ketones is 2. The molecule has 49 heavy (non-hydrogen) atoms. The number of carbonyl (C=O) groups is 4. The largest absolute Gasteiger partial charge is 0.508 e. The van der Waals surface area contributed by atoms with Crippen molar-refractivity contribution in [3.63, 3.8) is 0 Å². The highest BCUT2D eigenvalue weighted by Crippen LogP contribution is 2.54. The maximum Gasteiger partial charge on any atom is 0.319 e. The van der Waals surface area contributed by atoms with Crippen LogP contribution in [0.1, 0.15) is 28.7 Å². The summed E-state index contributed by atoms with van der Waals surface area (Å²) in [6.45, 7) is -0.240. The van der Waals surface area contributed by atoms with Crippen LogP contribution in [0.4, 0.5) is 16.2 Å². The third-order valence-corrected chi connectivity index (χ3v) is 9.35. The fraction of sp³-hybridized carbons (Fsp3) is 0.394. The lowest BCUT2D eigenvalue weighted by atomic mass is 9.57. The number of carbonyl (C=O) groups excluding carboxylic acids is 4. The van der Waals surface area contributed by atoms with Crippen LogP contribution in [0.5, 0.6) is 5.75 Å². The van der Waals surface area contributed by atoms with Crippen molar-refractivity contribution in [2.24, 2.45) is 17.6 Å². The first-order valence-corrected chi connectivity index (χ1v) is 15.3. The quantitative estimate of drug-likeness (QED) is 0.125. The molecule has 11 N–H and O–H groups in total. The summed E-state index contributed by atoms with van der Waals surface area (Å²) in [7, 11) is 6.51. The van der Waals surface area contributed by atoms with Gasteiger partial charge in [-0.05, 0) is 62.2 Å². The second kappa shape index (κ2) is 12.5. The minimum Gasteiger partial charge on any atom is -0.508 e. The summed E-state index contributed by atoms with van der Waals surface area (Å²) in [6.07, 6.45) is -0.405. The van der Waals surface area contributed by atoms with Gasteiger partial charge in [0.1, 0.15) is 22.8 Å². The fourth-order valence-electron chi connectivity index (χ4n) is 7.21. The lowest BCUT2D eigenvalue weighted by Crippen LogP contribution is -2.65. The molecule has 5 rings (SSSR count). The van der Waals surface area contributed by atoms with Crippen LogP contribution in [0, 0.1) is 11.8 Å². The second-order valence-corrected chi connectivity index (χ2v) is 13.1. The number of primary amides is 1. The lowest BCUT2D eigenvalue weighted by Gasteiger charge is -2.50. The summed E-state index contributed by atoms with van der Waals surface area (Å²) in [4.78, 5) is 55.5. The van der Waals surface area contributed by atoms with Gasteiger partial charge in [-0.3, -0.25) is 19.3 Å². The Morgan fingerprint density at radius 3 is 2.22 bits per heavy atom. The number of aliphatic hydroxyl groups is 6. The first kappa shape index (κ1) is 35.3. The van der Waals surface area contributed by atoms with Crippen LogP contribution in [0.2, 0.25) is 0 Å². The van der Waals surface area contributed by atoms with Crippen molar-refractivity contribution in [1.29, 1.82) is 0 Å². The average Bonchev–Trinajstić information content (AvgIpc) is 2.98. The summed E-state index contributed by atoms with van der Waals surface area (Å²) in [5, 5.41) is 78.6. The zero-order chi connectivity index (χ0) is 36.3. The van der Waals surface area contributed by atoms with Gasteiger partial charge in [0.25, 0.3) is 11.9 Å². The number of urea groups is 1. The number of nitrogens with two attached hydrogens (primary N) is 1. The summed E-state index contributed by atoms with van der Waals surface area (Å²) in [6, 6.07) is 5.64. The van der Waals surface area contributed by atoms with Crippen LogP contribution in [0.3, 0.4) is 0 Å². The van der Waals surface area contributed by atoms with Gasteiger partial charge in [0.05, 0.1) is 18.0 Å². The number of anilines is 2. The van der Waals surface area contributed by atoms with Gasteiger partial charge in [0.15, 0.2) is 11.4 Å². The van der Waals surface area contributed by atoms with E-state index in [0.717, 1.165) is 0 Å². The Kier molecular flexibility index (Phi) is 8.98. The summed E-state index contributed by atoms with van der Waals surface area (Å²) in [5.41, 5.74) is 3.23. The van der Waals surface area contributed by atoms with E-state index in [1.807, 2.05) is 0 Å². The van der Waals surface area contributed by atoms with Crippen LogP contribution in [0.25, 0.3) is 5.76 Å². The standard InChI is InChI=1S/C33H39N5O11/c1-37(2)20-11-16(13-35-31(45)36-17-7-5-14(6-8-17)12-32(46,47)48)25(39)22-18(20)9-15-10-19-24(38(3)4)27(41)23(30(34)44)29(43)33(19,49)28(42)21(15)26(22)40/h5-8,11,15,19,24,39-40,43,46-49H,9-10,12-13H2,1-4H3,(H2,34,44)(H2,35,36,45)/t15?,19-,24+,33-/m0/s1. The highest BCUT2D eigenvalue weighted by molar-refractivity contribution is 6.24. The Hall–Kier alpha value is -5.00. The average molecular weight is 682 g/mol. The van der Waals surface area contributed by atoms with E-state index < -0.39 is 82.2 Å². The van der Waals surface area contributed by atoms with Crippen molar-refractivity contribution >= 4 is 40.6 Å². The molecule has 0 radical (unpaired) electrons. The van der Waals surface area contributed by atoms with Crippen molar-refractivity contribution in [3.05, 3.63) is 69.5 Å². The van der Waals surface area contributed by atoms with Gasteiger partial charge in [-0.2, -0.15) is 0 Å². The Balaban J connectivity index is 1.49. The number of amides is 3. The van der Waals surface area contributed by atoms with E-state index in [-0.39, 0.29) is 36.1 Å². The molecule has 1 fully saturated rings. The van der Waals surface area contributed by atoms with Gasteiger partial charge in [0, 0.05) is 49.1 Å². The van der Waals surface area contributed by atoms with Crippen molar-refractivity contribution in [3.8, 4) is 5.75 Å². The molecule has 0 aromatic heterocycles. The van der Waals surface area contributed by atoms with Gasteiger partial charge < -0.3 is 57.0 Å². The highest BCUT2D eigenvalue weighted by atomic mass is 16.7. The van der Waals surface area contributed by atoms with E-state index in [0.29, 0.717) is 22.5 Å².